The second kappa shape index (κ2) is 5.55. The van der Waals surface area contributed by atoms with Crippen LogP contribution in [0.1, 0.15) is 26.7 Å². The normalized spacial score (nSPS) is 25.0. The molecule has 1 N–H and O–H groups in total. The second-order valence-corrected chi connectivity index (χ2v) is 3.76. The van der Waals surface area contributed by atoms with Gasteiger partial charge in [0, 0.05) is 6.54 Å². The van der Waals surface area contributed by atoms with Crippen LogP contribution in [0.25, 0.3) is 0 Å². The van der Waals surface area contributed by atoms with E-state index in [2.05, 4.69) is 24.1 Å². The minimum atomic E-state index is 0.913. The lowest BCUT2D eigenvalue weighted by Crippen LogP contribution is -2.26. The predicted octanol–water partition coefficient (Wildman–Crippen LogP) is 1.33. The molecule has 1 atom stereocenters. The highest BCUT2D eigenvalue weighted by atomic mass is 15.1. The Labute approximate surface area is 76.3 Å². The van der Waals surface area contributed by atoms with Gasteiger partial charge < -0.3 is 10.2 Å². The fraction of sp³-hybridized carbons (Fsp3) is 1.00. The first-order valence-electron chi connectivity index (χ1n) is 5.29. The van der Waals surface area contributed by atoms with E-state index in [0.29, 0.717) is 0 Å². The molecule has 0 aliphatic carbocycles. The monoisotopic (exact) mass is 170 g/mol. The van der Waals surface area contributed by atoms with Crippen molar-refractivity contribution in [2.75, 3.05) is 32.7 Å². The summed E-state index contributed by atoms with van der Waals surface area (Å²) < 4.78 is 0. The molecule has 0 aromatic carbocycles. The SMILES string of the molecule is CCCN1CCC(CNCC)C1. The summed E-state index contributed by atoms with van der Waals surface area (Å²) in [5.41, 5.74) is 0. The van der Waals surface area contributed by atoms with Gasteiger partial charge >= 0.3 is 0 Å². The second-order valence-electron chi connectivity index (χ2n) is 3.76. The molecule has 12 heavy (non-hydrogen) atoms. The van der Waals surface area contributed by atoms with Gasteiger partial charge in [-0.3, -0.25) is 0 Å². The van der Waals surface area contributed by atoms with E-state index in [9.17, 15) is 0 Å². The summed E-state index contributed by atoms with van der Waals surface area (Å²) in [6, 6.07) is 0. The van der Waals surface area contributed by atoms with Crippen LogP contribution >= 0.6 is 0 Å². The Morgan fingerprint density at radius 1 is 1.42 bits per heavy atom. The minimum Gasteiger partial charge on any atom is -0.317 e. The van der Waals surface area contributed by atoms with Gasteiger partial charge in [0.25, 0.3) is 0 Å². The maximum absolute atomic E-state index is 3.43. The molecule has 1 saturated heterocycles. The Morgan fingerprint density at radius 2 is 2.25 bits per heavy atom. The Morgan fingerprint density at radius 3 is 2.92 bits per heavy atom. The molecule has 0 amide bonds. The van der Waals surface area contributed by atoms with Crippen LogP contribution in [-0.2, 0) is 0 Å². The largest absolute Gasteiger partial charge is 0.317 e. The van der Waals surface area contributed by atoms with Crippen molar-refractivity contribution in [2.24, 2.45) is 5.92 Å². The molecule has 0 spiro atoms. The van der Waals surface area contributed by atoms with E-state index in [0.717, 1.165) is 12.5 Å². The molecular weight excluding hydrogens is 148 g/mol. The van der Waals surface area contributed by atoms with Crippen LogP contribution in [0.4, 0.5) is 0 Å². The third-order valence-electron chi connectivity index (χ3n) is 2.59. The van der Waals surface area contributed by atoms with Gasteiger partial charge in [0.05, 0.1) is 0 Å². The molecule has 1 rings (SSSR count). The van der Waals surface area contributed by atoms with Crippen molar-refractivity contribution in [3.8, 4) is 0 Å². The molecule has 1 heterocycles. The third kappa shape index (κ3) is 3.11. The van der Waals surface area contributed by atoms with Crippen LogP contribution in [-0.4, -0.2) is 37.6 Å². The van der Waals surface area contributed by atoms with Crippen LogP contribution < -0.4 is 5.32 Å². The molecule has 2 nitrogen and oxygen atoms in total. The number of nitrogens with zero attached hydrogens (tertiary/aromatic N) is 1. The Balaban J connectivity index is 2.08. The molecule has 1 fully saturated rings. The Bertz CT molecular complexity index is 114. The van der Waals surface area contributed by atoms with Crippen LogP contribution in [0.2, 0.25) is 0 Å². The van der Waals surface area contributed by atoms with Gasteiger partial charge in [-0.1, -0.05) is 13.8 Å². The summed E-state index contributed by atoms with van der Waals surface area (Å²) >= 11 is 0. The van der Waals surface area contributed by atoms with Crippen LogP contribution in [0, 0.1) is 5.92 Å². The highest BCUT2D eigenvalue weighted by molar-refractivity contribution is 4.76. The quantitative estimate of drug-likeness (QED) is 0.669. The van der Waals surface area contributed by atoms with E-state index in [-0.39, 0.29) is 0 Å². The summed E-state index contributed by atoms with van der Waals surface area (Å²) in [7, 11) is 0. The minimum absolute atomic E-state index is 0.913. The summed E-state index contributed by atoms with van der Waals surface area (Å²) in [5, 5.41) is 3.43. The van der Waals surface area contributed by atoms with Gasteiger partial charge in [-0.15, -0.1) is 0 Å². The smallest absolute Gasteiger partial charge is 0.00223 e. The van der Waals surface area contributed by atoms with Crippen molar-refractivity contribution < 1.29 is 0 Å². The zero-order valence-electron chi connectivity index (χ0n) is 8.47. The van der Waals surface area contributed by atoms with E-state index in [1.165, 1.54) is 39.0 Å². The van der Waals surface area contributed by atoms with E-state index >= 15 is 0 Å². The summed E-state index contributed by atoms with van der Waals surface area (Å²) in [5.74, 6) is 0.913. The maximum Gasteiger partial charge on any atom is 0.00223 e. The average molecular weight is 170 g/mol. The zero-order chi connectivity index (χ0) is 8.81. The number of hydrogen-bond acceptors (Lipinski definition) is 2. The van der Waals surface area contributed by atoms with Crippen molar-refractivity contribution in [3.05, 3.63) is 0 Å². The molecule has 1 aliphatic rings. The van der Waals surface area contributed by atoms with E-state index in [1.54, 1.807) is 0 Å². The van der Waals surface area contributed by atoms with Crippen LogP contribution in [0.15, 0.2) is 0 Å². The predicted molar refractivity (Wildman–Crippen MR) is 53.4 cm³/mol. The highest BCUT2D eigenvalue weighted by Gasteiger charge is 2.20. The van der Waals surface area contributed by atoms with Gasteiger partial charge in [-0.05, 0) is 44.9 Å². The van der Waals surface area contributed by atoms with Crippen molar-refractivity contribution in [1.29, 1.82) is 0 Å². The summed E-state index contributed by atoms with van der Waals surface area (Å²) in [6.45, 7) is 10.7. The molecule has 0 bridgehead atoms. The molecule has 0 aromatic rings. The first-order valence-corrected chi connectivity index (χ1v) is 5.29. The first-order chi connectivity index (χ1) is 5.86. The molecule has 0 saturated carbocycles. The molecule has 1 aliphatic heterocycles. The standard InChI is InChI=1S/C10H22N2/c1-3-6-12-7-5-10(9-12)8-11-4-2/h10-11H,3-9H2,1-2H3. The van der Waals surface area contributed by atoms with E-state index < -0.39 is 0 Å². The number of hydrogen-bond donors (Lipinski definition) is 1. The topological polar surface area (TPSA) is 15.3 Å². The van der Waals surface area contributed by atoms with E-state index in [4.69, 9.17) is 0 Å². The summed E-state index contributed by atoms with van der Waals surface area (Å²) in [6.07, 6.45) is 2.70. The van der Waals surface area contributed by atoms with Gasteiger partial charge in [0.15, 0.2) is 0 Å². The first kappa shape index (κ1) is 10.0. The van der Waals surface area contributed by atoms with Gasteiger partial charge in [-0.25, -0.2) is 0 Å². The van der Waals surface area contributed by atoms with E-state index in [1.807, 2.05) is 0 Å². The Hall–Kier alpha value is -0.0800. The van der Waals surface area contributed by atoms with Crippen LogP contribution in [0.5, 0.6) is 0 Å². The average Bonchev–Trinajstić information content (AvgIpc) is 2.50. The molecule has 72 valence electrons. The lowest BCUT2D eigenvalue weighted by atomic mass is 10.1. The fourth-order valence-corrected chi connectivity index (χ4v) is 1.95. The maximum atomic E-state index is 3.43. The number of likely N-dealkylation sites (tertiary alicyclic amines) is 1. The summed E-state index contributed by atoms with van der Waals surface area (Å²) in [4.78, 5) is 2.59. The molecule has 0 aromatic heterocycles. The number of rotatable bonds is 5. The molecular formula is C10H22N2. The lowest BCUT2D eigenvalue weighted by Gasteiger charge is -2.14. The van der Waals surface area contributed by atoms with Gasteiger partial charge in [0.1, 0.15) is 0 Å². The van der Waals surface area contributed by atoms with Gasteiger partial charge in [0.2, 0.25) is 0 Å². The third-order valence-corrected chi connectivity index (χ3v) is 2.59. The lowest BCUT2D eigenvalue weighted by molar-refractivity contribution is 0.323. The Kier molecular flexibility index (Phi) is 4.62. The highest BCUT2D eigenvalue weighted by Crippen LogP contribution is 2.14. The number of nitrogens with one attached hydrogen (secondary N) is 1. The fourth-order valence-electron chi connectivity index (χ4n) is 1.95. The van der Waals surface area contributed by atoms with Crippen molar-refractivity contribution in [3.63, 3.8) is 0 Å². The molecule has 0 radical (unpaired) electrons. The molecule has 2 heteroatoms. The van der Waals surface area contributed by atoms with Gasteiger partial charge in [-0.2, -0.15) is 0 Å². The van der Waals surface area contributed by atoms with Crippen LogP contribution in [0.3, 0.4) is 0 Å². The van der Waals surface area contributed by atoms with Crippen molar-refractivity contribution >= 4 is 0 Å². The molecule has 1 unspecified atom stereocenters. The zero-order valence-corrected chi connectivity index (χ0v) is 8.47. The van der Waals surface area contributed by atoms with Crippen molar-refractivity contribution in [1.82, 2.24) is 10.2 Å². The van der Waals surface area contributed by atoms with Crippen molar-refractivity contribution in [2.45, 2.75) is 26.7 Å².